The van der Waals surface area contributed by atoms with Crippen molar-refractivity contribution in [2.75, 3.05) is 13.2 Å². The molecule has 0 spiro atoms. The topological polar surface area (TPSA) is 58.6 Å². The Hall–Kier alpha value is -0.820. The molecule has 4 nitrogen and oxygen atoms in total. The SMILES string of the molecule is CC(C)(C)S(=O)N[C@](C)(c1ccccc1F)[C@H]1COC[C@H]1O. The molecule has 1 aliphatic rings. The second-order valence-electron chi connectivity index (χ2n) is 6.88. The van der Waals surface area contributed by atoms with E-state index in [-0.39, 0.29) is 18.3 Å². The summed E-state index contributed by atoms with van der Waals surface area (Å²) in [4.78, 5) is 0. The van der Waals surface area contributed by atoms with Crippen LogP contribution in [0.25, 0.3) is 0 Å². The van der Waals surface area contributed by atoms with Crippen LogP contribution in [0.5, 0.6) is 0 Å². The van der Waals surface area contributed by atoms with Crippen LogP contribution in [0.3, 0.4) is 0 Å². The standard InChI is InChI=1S/C16H24FNO3S/c1-15(2,3)22(20)18-16(4,12-9-21-10-14(12)19)11-7-5-6-8-13(11)17/h5-8,12,14,18-19H,9-10H2,1-4H3/t12-,14+,16+,22?/m0/s1. The molecule has 1 aromatic carbocycles. The van der Waals surface area contributed by atoms with Crippen molar-refractivity contribution in [3.63, 3.8) is 0 Å². The van der Waals surface area contributed by atoms with Crippen molar-refractivity contribution in [3.05, 3.63) is 35.6 Å². The molecule has 0 aliphatic carbocycles. The average Bonchev–Trinajstić information content (AvgIpc) is 2.84. The summed E-state index contributed by atoms with van der Waals surface area (Å²) in [5.41, 5.74) is -0.596. The predicted octanol–water partition coefficient (Wildman–Crippen LogP) is 2.10. The van der Waals surface area contributed by atoms with Gasteiger partial charge in [-0.1, -0.05) is 18.2 Å². The van der Waals surface area contributed by atoms with Gasteiger partial charge in [-0.2, -0.15) is 0 Å². The van der Waals surface area contributed by atoms with Gasteiger partial charge in [-0.3, -0.25) is 0 Å². The van der Waals surface area contributed by atoms with Crippen molar-refractivity contribution in [2.24, 2.45) is 5.92 Å². The number of ether oxygens (including phenoxy) is 1. The molecule has 2 N–H and O–H groups in total. The van der Waals surface area contributed by atoms with E-state index in [4.69, 9.17) is 4.74 Å². The maximum Gasteiger partial charge on any atom is 0.128 e. The van der Waals surface area contributed by atoms with Gasteiger partial charge in [0.25, 0.3) is 0 Å². The molecular formula is C16H24FNO3S. The summed E-state index contributed by atoms with van der Waals surface area (Å²) < 4.78 is 34.8. The van der Waals surface area contributed by atoms with Gasteiger partial charge in [0.05, 0.1) is 40.6 Å². The summed E-state index contributed by atoms with van der Waals surface area (Å²) in [7, 11) is -1.41. The minimum Gasteiger partial charge on any atom is -0.390 e. The molecule has 1 fully saturated rings. The van der Waals surface area contributed by atoms with Gasteiger partial charge in [0.15, 0.2) is 0 Å². The zero-order valence-electron chi connectivity index (χ0n) is 13.4. The van der Waals surface area contributed by atoms with Crippen molar-refractivity contribution < 1.29 is 18.4 Å². The molecule has 1 heterocycles. The van der Waals surface area contributed by atoms with Crippen LogP contribution in [-0.2, 0) is 21.3 Å². The number of nitrogens with one attached hydrogen (secondary N) is 1. The van der Waals surface area contributed by atoms with E-state index in [1.165, 1.54) is 6.07 Å². The summed E-state index contributed by atoms with van der Waals surface area (Å²) in [6.45, 7) is 7.81. The molecule has 4 atom stereocenters. The van der Waals surface area contributed by atoms with Gasteiger partial charge in [-0.15, -0.1) is 0 Å². The highest BCUT2D eigenvalue weighted by Gasteiger charge is 2.46. The van der Waals surface area contributed by atoms with Crippen LogP contribution in [-0.4, -0.2) is 33.4 Å². The van der Waals surface area contributed by atoms with Crippen molar-refractivity contribution in [2.45, 2.75) is 44.1 Å². The summed E-state index contributed by atoms with van der Waals surface area (Å²) in [6.07, 6.45) is -0.728. The molecule has 124 valence electrons. The first-order valence-corrected chi connectivity index (χ1v) is 8.52. The highest BCUT2D eigenvalue weighted by molar-refractivity contribution is 7.84. The lowest BCUT2D eigenvalue weighted by Gasteiger charge is -2.39. The predicted molar refractivity (Wildman–Crippen MR) is 85.1 cm³/mol. The largest absolute Gasteiger partial charge is 0.390 e. The zero-order valence-corrected chi connectivity index (χ0v) is 14.2. The number of aliphatic hydroxyl groups is 1. The minimum absolute atomic E-state index is 0.207. The van der Waals surface area contributed by atoms with E-state index in [0.29, 0.717) is 12.2 Å². The molecule has 1 saturated heterocycles. The Morgan fingerprint density at radius 2 is 1.91 bits per heavy atom. The first-order chi connectivity index (χ1) is 10.2. The normalized spacial score (nSPS) is 26.6. The Labute approximate surface area is 133 Å². The van der Waals surface area contributed by atoms with Crippen molar-refractivity contribution in [3.8, 4) is 0 Å². The van der Waals surface area contributed by atoms with Crippen LogP contribution in [0.1, 0.15) is 33.3 Å². The monoisotopic (exact) mass is 329 g/mol. The smallest absolute Gasteiger partial charge is 0.128 e. The quantitative estimate of drug-likeness (QED) is 0.889. The Kier molecular flexibility index (Phi) is 5.06. The minimum atomic E-state index is -1.41. The van der Waals surface area contributed by atoms with E-state index in [1.807, 2.05) is 20.8 Å². The van der Waals surface area contributed by atoms with Gasteiger partial charge in [-0.05, 0) is 33.8 Å². The molecule has 6 heteroatoms. The van der Waals surface area contributed by atoms with E-state index >= 15 is 0 Å². The van der Waals surface area contributed by atoms with E-state index in [9.17, 15) is 13.7 Å². The van der Waals surface area contributed by atoms with Crippen LogP contribution in [0.15, 0.2) is 24.3 Å². The number of hydrogen-bond acceptors (Lipinski definition) is 3. The third kappa shape index (κ3) is 3.40. The lowest BCUT2D eigenvalue weighted by molar-refractivity contribution is 0.0920. The highest BCUT2D eigenvalue weighted by atomic mass is 32.2. The number of halogens is 1. The third-order valence-corrected chi connectivity index (χ3v) is 5.81. The van der Waals surface area contributed by atoms with E-state index < -0.39 is 27.4 Å². The Bertz CT molecular complexity index is 561. The fraction of sp³-hybridized carbons (Fsp3) is 0.625. The van der Waals surface area contributed by atoms with Gasteiger partial charge < -0.3 is 9.84 Å². The molecule has 1 aliphatic heterocycles. The maximum atomic E-state index is 14.4. The van der Waals surface area contributed by atoms with E-state index in [1.54, 1.807) is 25.1 Å². The molecule has 0 saturated carbocycles. The summed E-state index contributed by atoms with van der Waals surface area (Å²) in [5, 5.41) is 10.2. The molecule has 0 amide bonds. The van der Waals surface area contributed by atoms with Crippen LogP contribution in [0.4, 0.5) is 4.39 Å². The molecule has 0 radical (unpaired) electrons. The van der Waals surface area contributed by atoms with Crippen molar-refractivity contribution in [1.82, 2.24) is 4.72 Å². The van der Waals surface area contributed by atoms with E-state index in [2.05, 4.69) is 4.72 Å². The average molecular weight is 329 g/mol. The molecule has 1 unspecified atom stereocenters. The lowest BCUT2D eigenvalue weighted by Crippen LogP contribution is -2.54. The maximum absolute atomic E-state index is 14.4. The lowest BCUT2D eigenvalue weighted by atomic mass is 9.78. The fourth-order valence-corrected chi connectivity index (χ4v) is 3.61. The summed E-state index contributed by atoms with van der Waals surface area (Å²) in [6, 6.07) is 6.38. The fourth-order valence-electron chi connectivity index (χ4n) is 2.65. The van der Waals surface area contributed by atoms with Crippen molar-refractivity contribution in [1.29, 1.82) is 0 Å². The van der Waals surface area contributed by atoms with Crippen LogP contribution >= 0.6 is 0 Å². The first-order valence-electron chi connectivity index (χ1n) is 7.37. The molecule has 2 rings (SSSR count). The first kappa shape index (κ1) is 17.5. The molecular weight excluding hydrogens is 305 g/mol. The van der Waals surface area contributed by atoms with Crippen LogP contribution in [0.2, 0.25) is 0 Å². The van der Waals surface area contributed by atoms with E-state index in [0.717, 1.165) is 0 Å². The number of benzene rings is 1. The second-order valence-corrected chi connectivity index (χ2v) is 8.84. The molecule has 1 aromatic rings. The molecule has 22 heavy (non-hydrogen) atoms. The van der Waals surface area contributed by atoms with Gasteiger partial charge in [0.1, 0.15) is 5.82 Å². The summed E-state index contributed by atoms with van der Waals surface area (Å²) >= 11 is 0. The van der Waals surface area contributed by atoms with Crippen LogP contribution in [0, 0.1) is 11.7 Å². The second kappa shape index (κ2) is 6.35. The Morgan fingerprint density at radius 3 is 2.41 bits per heavy atom. The van der Waals surface area contributed by atoms with Gasteiger partial charge in [-0.25, -0.2) is 13.3 Å². The highest BCUT2D eigenvalue weighted by Crippen LogP contribution is 2.37. The van der Waals surface area contributed by atoms with Gasteiger partial charge in [0, 0.05) is 11.5 Å². The van der Waals surface area contributed by atoms with Gasteiger partial charge in [0.2, 0.25) is 0 Å². The summed E-state index contributed by atoms with van der Waals surface area (Å²) in [5.74, 6) is -0.766. The number of hydrogen-bond donors (Lipinski definition) is 2. The Balaban J connectivity index is 2.45. The van der Waals surface area contributed by atoms with Gasteiger partial charge >= 0.3 is 0 Å². The zero-order chi connectivity index (χ0) is 16.5. The van der Waals surface area contributed by atoms with Crippen molar-refractivity contribution >= 4 is 11.0 Å². The number of aliphatic hydroxyl groups excluding tert-OH is 1. The molecule has 0 bridgehead atoms. The molecule has 0 aromatic heterocycles. The van der Waals surface area contributed by atoms with Crippen LogP contribution < -0.4 is 4.72 Å². The third-order valence-electron chi connectivity index (χ3n) is 4.09. The number of rotatable bonds is 4. The Morgan fingerprint density at radius 1 is 1.27 bits per heavy atom.